The van der Waals surface area contributed by atoms with Crippen LogP contribution in [0.4, 0.5) is 0 Å². The van der Waals surface area contributed by atoms with Crippen molar-refractivity contribution in [1.82, 2.24) is 0 Å². The van der Waals surface area contributed by atoms with Crippen LogP contribution in [-0.2, 0) is 14.3 Å². The van der Waals surface area contributed by atoms with Crippen molar-refractivity contribution in [3.05, 3.63) is 12.7 Å². The molecular weight excluding hydrogens is 228 g/mol. The zero-order valence-corrected chi connectivity index (χ0v) is 11.1. The third-order valence-corrected chi connectivity index (χ3v) is 4.59. The van der Waals surface area contributed by atoms with Gasteiger partial charge in [0, 0.05) is 5.92 Å². The number of carbonyl (C=O) groups excluding carboxylic acids is 2. The molecule has 2 aliphatic rings. The Morgan fingerprint density at radius 1 is 1.44 bits per heavy atom. The number of ether oxygens (including phenoxy) is 1. The van der Waals surface area contributed by atoms with Gasteiger partial charge < -0.3 is 4.74 Å². The average Bonchev–Trinajstić information content (AvgIpc) is 2.40. The number of rotatable bonds is 3. The van der Waals surface area contributed by atoms with Crippen LogP contribution in [0.5, 0.6) is 0 Å². The lowest BCUT2D eigenvalue weighted by Crippen LogP contribution is -2.48. The Kier molecular flexibility index (Phi) is 3.88. The lowest BCUT2D eigenvalue weighted by Gasteiger charge is -2.41. The summed E-state index contributed by atoms with van der Waals surface area (Å²) in [5, 5.41) is 0. The first-order valence-corrected chi connectivity index (χ1v) is 6.92. The maximum Gasteiger partial charge on any atom is 0.319 e. The van der Waals surface area contributed by atoms with Gasteiger partial charge in [-0.2, -0.15) is 0 Å². The second kappa shape index (κ2) is 5.25. The summed E-state index contributed by atoms with van der Waals surface area (Å²) in [4.78, 5) is 24.6. The highest BCUT2D eigenvalue weighted by atomic mass is 16.5. The number of hydrogen-bond donors (Lipinski definition) is 0. The van der Waals surface area contributed by atoms with Gasteiger partial charge in [-0.15, -0.1) is 0 Å². The summed E-state index contributed by atoms with van der Waals surface area (Å²) in [6, 6.07) is 0. The Labute approximate surface area is 109 Å². The Hall–Kier alpha value is -1.12. The summed E-state index contributed by atoms with van der Waals surface area (Å²) in [6.07, 6.45) is 7.61. The molecule has 0 aromatic carbocycles. The minimum absolute atomic E-state index is 0.0915. The van der Waals surface area contributed by atoms with Crippen molar-refractivity contribution in [1.29, 1.82) is 0 Å². The molecule has 0 aromatic rings. The van der Waals surface area contributed by atoms with E-state index in [1.54, 1.807) is 6.92 Å². The summed E-state index contributed by atoms with van der Waals surface area (Å²) in [5.74, 6) is 0.351. The predicted octanol–water partition coefficient (Wildman–Crippen LogP) is 2.89. The van der Waals surface area contributed by atoms with Gasteiger partial charge in [-0.1, -0.05) is 25.5 Å². The molecule has 0 bridgehead atoms. The molecule has 2 fully saturated rings. The summed E-state index contributed by atoms with van der Waals surface area (Å²) in [7, 11) is 0. The van der Waals surface area contributed by atoms with Crippen molar-refractivity contribution in [2.45, 2.75) is 45.4 Å². The molecule has 0 amide bonds. The van der Waals surface area contributed by atoms with Gasteiger partial charge in [0.05, 0.1) is 0 Å². The SMILES string of the molecule is C=CCOC(=O)C1(C)CCC2CCCCC2C1=O. The van der Waals surface area contributed by atoms with Gasteiger partial charge in [-0.3, -0.25) is 9.59 Å². The van der Waals surface area contributed by atoms with E-state index < -0.39 is 5.41 Å². The second-order valence-corrected chi connectivity index (χ2v) is 5.77. The molecule has 100 valence electrons. The number of hydrogen-bond acceptors (Lipinski definition) is 3. The van der Waals surface area contributed by atoms with E-state index in [9.17, 15) is 9.59 Å². The smallest absolute Gasteiger partial charge is 0.319 e. The molecule has 0 spiro atoms. The zero-order chi connectivity index (χ0) is 13.2. The maximum atomic E-state index is 12.6. The minimum atomic E-state index is -0.915. The second-order valence-electron chi connectivity index (χ2n) is 5.77. The van der Waals surface area contributed by atoms with Crippen LogP contribution in [-0.4, -0.2) is 18.4 Å². The molecule has 2 rings (SSSR count). The fourth-order valence-electron chi connectivity index (χ4n) is 3.40. The van der Waals surface area contributed by atoms with Crippen molar-refractivity contribution >= 4 is 11.8 Å². The molecule has 2 saturated carbocycles. The average molecular weight is 250 g/mol. The van der Waals surface area contributed by atoms with E-state index >= 15 is 0 Å². The summed E-state index contributed by atoms with van der Waals surface area (Å²) < 4.78 is 5.11. The topological polar surface area (TPSA) is 43.4 Å². The van der Waals surface area contributed by atoms with Crippen molar-refractivity contribution in [2.24, 2.45) is 17.3 Å². The first-order valence-electron chi connectivity index (χ1n) is 6.92. The van der Waals surface area contributed by atoms with E-state index in [2.05, 4.69) is 6.58 Å². The van der Waals surface area contributed by atoms with Gasteiger partial charge in [0.15, 0.2) is 5.78 Å². The third kappa shape index (κ3) is 2.23. The highest BCUT2D eigenvalue weighted by Crippen LogP contribution is 2.46. The first kappa shape index (κ1) is 13.3. The van der Waals surface area contributed by atoms with E-state index in [1.165, 1.54) is 12.5 Å². The highest BCUT2D eigenvalue weighted by Gasteiger charge is 2.51. The molecular formula is C15H22O3. The number of ketones is 1. The van der Waals surface area contributed by atoms with Crippen molar-refractivity contribution in [3.8, 4) is 0 Å². The van der Waals surface area contributed by atoms with Gasteiger partial charge in [0.1, 0.15) is 12.0 Å². The van der Waals surface area contributed by atoms with Crippen molar-refractivity contribution < 1.29 is 14.3 Å². The number of carbonyl (C=O) groups is 2. The van der Waals surface area contributed by atoms with Crippen LogP contribution < -0.4 is 0 Å². The van der Waals surface area contributed by atoms with Crippen LogP contribution in [0, 0.1) is 17.3 Å². The Balaban J connectivity index is 2.11. The molecule has 0 heterocycles. The molecule has 3 unspecified atom stereocenters. The molecule has 18 heavy (non-hydrogen) atoms. The quantitative estimate of drug-likeness (QED) is 0.439. The van der Waals surface area contributed by atoms with E-state index in [1.807, 2.05) is 0 Å². The number of fused-ring (bicyclic) bond motifs is 1. The Morgan fingerprint density at radius 3 is 2.89 bits per heavy atom. The van der Waals surface area contributed by atoms with Crippen LogP contribution in [0.3, 0.4) is 0 Å². The van der Waals surface area contributed by atoms with Gasteiger partial charge >= 0.3 is 5.97 Å². The normalized spacial score (nSPS) is 35.7. The summed E-state index contributed by atoms with van der Waals surface area (Å²) in [5.41, 5.74) is -0.915. The lowest BCUT2D eigenvalue weighted by atomic mass is 9.61. The van der Waals surface area contributed by atoms with Crippen LogP contribution in [0.1, 0.15) is 45.4 Å². The van der Waals surface area contributed by atoms with Gasteiger partial charge in [-0.25, -0.2) is 0 Å². The largest absolute Gasteiger partial charge is 0.461 e. The molecule has 3 nitrogen and oxygen atoms in total. The van der Waals surface area contributed by atoms with E-state index in [-0.39, 0.29) is 24.3 Å². The van der Waals surface area contributed by atoms with E-state index in [0.717, 1.165) is 25.7 Å². The Morgan fingerprint density at radius 2 is 2.17 bits per heavy atom. The molecule has 0 aromatic heterocycles. The number of Topliss-reactive ketones (excluding diaryl/α,β-unsaturated/α-hetero) is 1. The van der Waals surface area contributed by atoms with Crippen LogP contribution >= 0.6 is 0 Å². The molecule has 3 heteroatoms. The third-order valence-electron chi connectivity index (χ3n) is 4.59. The first-order chi connectivity index (χ1) is 8.59. The predicted molar refractivity (Wildman–Crippen MR) is 69.0 cm³/mol. The minimum Gasteiger partial charge on any atom is -0.461 e. The highest BCUT2D eigenvalue weighted by molar-refractivity contribution is 6.05. The van der Waals surface area contributed by atoms with Crippen LogP contribution in [0.2, 0.25) is 0 Å². The summed E-state index contributed by atoms with van der Waals surface area (Å²) in [6.45, 7) is 5.47. The number of esters is 1. The van der Waals surface area contributed by atoms with Gasteiger partial charge in [0.25, 0.3) is 0 Å². The molecule has 0 N–H and O–H groups in total. The van der Waals surface area contributed by atoms with Crippen LogP contribution in [0.15, 0.2) is 12.7 Å². The van der Waals surface area contributed by atoms with E-state index in [4.69, 9.17) is 4.74 Å². The molecule has 0 radical (unpaired) electrons. The molecule has 0 aliphatic heterocycles. The maximum absolute atomic E-state index is 12.6. The van der Waals surface area contributed by atoms with Gasteiger partial charge in [0.2, 0.25) is 0 Å². The fourth-order valence-corrected chi connectivity index (χ4v) is 3.40. The van der Waals surface area contributed by atoms with Gasteiger partial charge in [-0.05, 0) is 38.5 Å². The van der Waals surface area contributed by atoms with E-state index in [0.29, 0.717) is 12.3 Å². The summed E-state index contributed by atoms with van der Waals surface area (Å²) >= 11 is 0. The van der Waals surface area contributed by atoms with Crippen molar-refractivity contribution in [2.75, 3.05) is 6.61 Å². The zero-order valence-electron chi connectivity index (χ0n) is 11.1. The lowest BCUT2D eigenvalue weighted by molar-refractivity contribution is -0.164. The molecule has 0 saturated heterocycles. The van der Waals surface area contributed by atoms with Crippen LogP contribution in [0.25, 0.3) is 0 Å². The monoisotopic (exact) mass is 250 g/mol. The van der Waals surface area contributed by atoms with Crippen molar-refractivity contribution in [3.63, 3.8) is 0 Å². The fraction of sp³-hybridized carbons (Fsp3) is 0.733. The Bertz CT molecular complexity index is 361. The standard InChI is InChI=1S/C15H22O3/c1-3-10-18-14(17)15(2)9-8-11-6-4-5-7-12(11)13(15)16/h3,11-12H,1,4-10H2,2H3. The molecule has 3 atom stereocenters. The molecule has 2 aliphatic carbocycles.